The van der Waals surface area contributed by atoms with Gasteiger partial charge in [-0.3, -0.25) is 5.43 Å². The number of nitrogens with one attached hydrogen (secondary N) is 1. The summed E-state index contributed by atoms with van der Waals surface area (Å²) in [6.07, 6.45) is 5.10. The largest absolute Gasteiger partial charge is 0.261 e. The molecule has 0 fully saturated rings. The molecule has 0 atom stereocenters. The number of anilines is 1. The first-order chi connectivity index (χ1) is 8.93. The van der Waals surface area contributed by atoms with Crippen molar-refractivity contribution in [1.82, 2.24) is 4.98 Å². The molecule has 1 aromatic heterocycles. The maximum absolute atomic E-state index is 4.50. The molecule has 0 saturated carbocycles. The molecule has 1 N–H and O–H groups in total. The highest BCUT2D eigenvalue weighted by molar-refractivity contribution is 6.03. The number of hydrogen-bond donors (Lipinski definition) is 1. The first-order valence-corrected chi connectivity index (χ1v) is 6.25. The Kier molecular flexibility index (Phi) is 3.05. The van der Waals surface area contributed by atoms with Crippen molar-refractivity contribution in [3.05, 3.63) is 59.8 Å². The molecule has 18 heavy (non-hydrogen) atoms. The fraction of sp³-hybridized carbons (Fsp3) is 0.200. The van der Waals surface area contributed by atoms with Gasteiger partial charge in [-0.1, -0.05) is 30.3 Å². The van der Waals surface area contributed by atoms with Gasteiger partial charge in [0.25, 0.3) is 0 Å². The lowest BCUT2D eigenvalue weighted by Gasteiger charge is -2.17. The predicted molar refractivity (Wildman–Crippen MR) is 73.8 cm³/mol. The van der Waals surface area contributed by atoms with Crippen molar-refractivity contribution in [1.29, 1.82) is 0 Å². The van der Waals surface area contributed by atoms with Crippen molar-refractivity contribution in [2.75, 3.05) is 5.43 Å². The fourth-order valence-corrected chi connectivity index (χ4v) is 2.27. The summed E-state index contributed by atoms with van der Waals surface area (Å²) >= 11 is 0. The van der Waals surface area contributed by atoms with Gasteiger partial charge in [0.15, 0.2) is 0 Å². The molecule has 1 heterocycles. The minimum Gasteiger partial charge on any atom is -0.261 e. The molecular formula is C15H15N3. The van der Waals surface area contributed by atoms with E-state index in [1.54, 1.807) is 6.20 Å². The lowest BCUT2D eigenvalue weighted by atomic mass is 9.90. The summed E-state index contributed by atoms with van der Waals surface area (Å²) in [6, 6.07) is 14.3. The van der Waals surface area contributed by atoms with Gasteiger partial charge in [0, 0.05) is 11.8 Å². The Hall–Kier alpha value is -2.16. The maximum Gasteiger partial charge on any atom is 0.146 e. The van der Waals surface area contributed by atoms with Gasteiger partial charge in [-0.05, 0) is 37.0 Å². The van der Waals surface area contributed by atoms with Crippen molar-refractivity contribution in [3.8, 4) is 0 Å². The van der Waals surface area contributed by atoms with Crippen molar-refractivity contribution in [2.24, 2.45) is 5.10 Å². The molecule has 1 aliphatic carbocycles. The number of aromatic nitrogens is 1. The summed E-state index contributed by atoms with van der Waals surface area (Å²) in [6.45, 7) is 0. The Balaban J connectivity index is 1.85. The third-order valence-electron chi connectivity index (χ3n) is 3.16. The average molecular weight is 237 g/mol. The molecule has 1 aliphatic rings. The number of aryl methyl sites for hydroxylation is 1. The second kappa shape index (κ2) is 5.00. The second-order valence-corrected chi connectivity index (χ2v) is 4.40. The predicted octanol–water partition coefficient (Wildman–Crippen LogP) is 3.23. The minimum atomic E-state index is 0.785. The smallest absolute Gasteiger partial charge is 0.146 e. The van der Waals surface area contributed by atoms with Crippen LogP contribution in [0.5, 0.6) is 0 Å². The van der Waals surface area contributed by atoms with Gasteiger partial charge in [0.05, 0.1) is 5.71 Å². The Morgan fingerprint density at radius 3 is 2.78 bits per heavy atom. The van der Waals surface area contributed by atoms with E-state index < -0.39 is 0 Å². The quantitative estimate of drug-likeness (QED) is 0.814. The molecule has 0 saturated heterocycles. The highest BCUT2D eigenvalue weighted by atomic mass is 15.3. The zero-order chi connectivity index (χ0) is 12.2. The fourth-order valence-electron chi connectivity index (χ4n) is 2.27. The minimum absolute atomic E-state index is 0.785. The van der Waals surface area contributed by atoms with Crippen LogP contribution in [0.4, 0.5) is 5.82 Å². The van der Waals surface area contributed by atoms with E-state index in [2.05, 4.69) is 39.8 Å². The highest BCUT2D eigenvalue weighted by Gasteiger charge is 2.14. The Labute approximate surface area is 107 Å². The van der Waals surface area contributed by atoms with Crippen molar-refractivity contribution in [3.63, 3.8) is 0 Å². The van der Waals surface area contributed by atoms with Crippen LogP contribution < -0.4 is 5.43 Å². The zero-order valence-corrected chi connectivity index (χ0v) is 10.1. The molecule has 1 aromatic carbocycles. The lowest BCUT2D eigenvalue weighted by molar-refractivity contribution is 0.837. The summed E-state index contributed by atoms with van der Waals surface area (Å²) in [5.41, 5.74) is 6.82. The van der Waals surface area contributed by atoms with Crippen LogP contribution in [-0.4, -0.2) is 10.7 Å². The van der Waals surface area contributed by atoms with Gasteiger partial charge in [-0.2, -0.15) is 5.10 Å². The maximum atomic E-state index is 4.50. The Bertz CT molecular complexity index is 561. The zero-order valence-electron chi connectivity index (χ0n) is 10.1. The number of rotatable bonds is 2. The molecule has 0 spiro atoms. The van der Waals surface area contributed by atoms with Gasteiger partial charge in [0.2, 0.25) is 0 Å². The molecular weight excluding hydrogens is 222 g/mol. The summed E-state index contributed by atoms with van der Waals surface area (Å²) < 4.78 is 0. The molecule has 3 rings (SSSR count). The molecule has 3 heteroatoms. The van der Waals surface area contributed by atoms with Crippen LogP contribution in [0, 0.1) is 0 Å². The van der Waals surface area contributed by atoms with E-state index in [4.69, 9.17) is 0 Å². The molecule has 2 aromatic rings. The van der Waals surface area contributed by atoms with Crippen LogP contribution in [0.25, 0.3) is 0 Å². The van der Waals surface area contributed by atoms with Gasteiger partial charge >= 0.3 is 0 Å². The number of fused-ring (bicyclic) bond motifs is 1. The van der Waals surface area contributed by atoms with Crippen LogP contribution in [0.1, 0.15) is 24.0 Å². The first-order valence-electron chi connectivity index (χ1n) is 6.25. The van der Waals surface area contributed by atoms with E-state index in [0.717, 1.165) is 24.4 Å². The summed E-state index contributed by atoms with van der Waals surface area (Å²) in [7, 11) is 0. The number of nitrogens with zero attached hydrogens (tertiary/aromatic N) is 2. The third kappa shape index (κ3) is 2.25. The number of benzene rings is 1. The normalized spacial score (nSPS) is 16.3. The van der Waals surface area contributed by atoms with Gasteiger partial charge in [0.1, 0.15) is 5.82 Å². The van der Waals surface area contributed by atoms with Crippen LogP contribution in [0.2, 0.25) is 0 Å². The highest BCUT2D eigenvalue weighted by Crippen LogP contribution is 2.21. The van der Waals surface area contributed by atoms with Crippen molar-refractivity contribution < 1.29 is 0 Å². The first kappa shape index (κ1) is 11.0. The standard InChI is InChI=1S/C15H15N3/c1-2-8-13-12(6-1)7-5-9-14(13)17-18-15-10-3-4-11-16-15/h1-4,6,8,10-11H,5,7,9H2,(H,16,18)/b17-14-. The van der Waals surface area contributed by atoms with E-state index in [-0.39, 0.29) is 0 Å². The molecule has 3 nitrogen and oxygen atoms in total. The van der Waals surface area contributed by atoms with Crippen LogP contribution in [0.15, 0.2) is 53.8 Å². The van der Waals surface area contributed by atoms with Crippen molar-refractivity contribution in [2.45, 2.75) is 19.3 Å². The third-order valence-corrected chi connectivity index (χ3v) is 3.16. The number of hydrazone groups is 1. The van der Waals surface area contributed by atoms with E-state index in [1.807, 2.05) is 18.2 Å². The molecule has 0 amide bonds. The second-order valence-electron chi connectivity index (χ2n) is 4.40. The summed E-state index contributed by atoms with van der Waals surface area (Å²) in [4.78, 5) is 4.20. The van der Waals surface area contributed by atoms with Crippen LogP contribution in [0.3, 0.4) is 0 Å². The van der Waals surface area contributed by atoms with Crippen LogP contribution >= 0.6 is 0 Å². The average Bonchev–Trinajstić information content (AvgIpc) is 2.46. The Morgan fingerprint density at radius 2 is 1.89 bits per heavy atom. The number of hydrogen-bond acceptors (Lipinski definition) is 3. The van der Waals surface area contributed by atoms with Gasteiger partial charge < -0.3 is 0 Å². The molecule has 0 radical (unpaired) electrons. The van der Waals surface area contributed by atoms with Crippen LogP contribution in [-0.2, 0) is 6.42 Å². The molecule has 0 unspecified atom stereocenters. The molecule has 0 bridgehead atoms. The summed E-state index contributed by atoms with van der Waals surface area (Å²) in [5.74, 6) is 0.785. The molecule has 90 valence electrons. The van der Waals surface area contributed by atoms with E-state index in [1.165, 1.54) is 17.5 Å². The van der Waals surface area contributed by atoms with E-state index >= 15 is 0 Å². The van der Waals surface area contributed by atoms with E-state index in [0.29, 0.717) is 0 Å². The lowest BCUT2D eigenvalue weighted by Crippen LogP contribution is -2.13. The van der Waals surface area contributed by atoms with E-state index in [9.17, 15) is 0 Å². The SMILES string of the molecule is c1ccc(N/N=C2/CCCc3ccccc32)nc1. The Morgan fingerprint density at radius 1 is 1.00 bits per heavy atom. The monoisotopic (exact) mass is 237 g/mol. The summed E-state index contributed by atoms with van der Waals surface area (Å²) in [5, 5.41) is 4.50. The van der Waals surface area contributed by atoms with Gasteiger partial charge in [-0.15, -0.1) is 0 Å². The van der Waals surface area contributed by atoms with Crippen molar-refractivity contribution >= 4 is 11.5 Å². The topological polar surface area (TPSA) is 37.3 Å². The van der Waals surface area contributed by atoms with Gasteiger partial charge in [-0.25, -0.2) is 4.98 Å². The number of pyridine rings is 1. The molecule has 0 aliphatic heterocycles.